The standard InChI is InChI=1S/C24H22N2O3S/c1-16-11-13-30-23(16)21-20(19(27)10-9-17-6-3-2-4-7-17)22(28)24(29)26(21)15-18-8-5-12-25-14-18/h2-8,11-14,21,28H,9-10,15H2,1H3. The Morgan fingerprint density at radius 3 is 2.57 bits per heavy atom. The largest absolute Gasteiger partial charge is 0.503 e. The van der Waals surface area contributed by atoms with Crippen molar-refractivity contribution in [3.8, 4) is 0 Å². The van der Waals surface area contributed by atoms with Crippen molar-refractivity contribution in [2.75, 3.05) is 0 Å². The maximum Gasteiger partial charge on any atom is 0.290 e. The van der Waals surface area contributed by atoms with E-state index in [1.165, 1.54) is 11.3 Å². The van der Waals surface area contributed by atoms with Crippen LogP contribution >= 0.6 is 11.3 Å². The quantitative estimate of drug-likeness (QED) is 0.611. The summed E-state index contributed by atoms with van der Waals surface area (Å²) in [5.41, 5.74) is 3.09. The topological polar surface area (TPSA) is 70.5 Å². The van der Waals surface area contributed by atoms with Gasteiger partial charge in [0.15, 0.2) is 11.5 Å². The number of aliphatic hydroxyl groups excluding tert-OH is 1. The van der Waals surface area contributed by atoms with E-state index in [1.807, 2.05) is 54.8 Å². The highest BCUT2D eigenvalue weighted by atomic mass is 32.1. The monoisotopic (exact) mass is 418 g/mol. The molecular formula is C24H22N2O3S. The highest BCUT2D eigenvalue weighted by molar-refractivity contribution is 7.10. The Hall–Kier alpha value is -3.25. The predicted molar refractivity (Wildman–Crippen MR) is 116 cm³/mol. The maximum absolute atomic E-state index is 13.2. The lowest BCUT2D eigenvalue weighted by Gasteiger charge is -2.26. The molecule has 30 heavy (non-hydrogen) atoms. The normalized spacial score (nSPS) is 16.4. The number of amides is 1. The number of rotatable bonds is 7. The van der Waals surface area contributed by atoms with E-state index in [0.717, 1.165) is 21.6 Å². The van der Waals surface area contributed by atoms with Gasteiger partial charge in [0.25, 0.3) is 5.91 Å². The number of aryl methyl sites for hydroxylation is 2. The van der Waals surface area contributed by atoms with Gasteiger partial charge in [-0.25, -0.2) is 0 Å². The molecule has 0 radical (unpaired) electrons. The van der Waals surface area contributed by atoms with Crippen LogP contribution in [0.15, 0.2) is 77.6 Å². The summed E-state index contributed by atoms with van der Waals surface area (Å²) in [4.78, 5) is 32.7. The molecule has 1 aliphatic heterocycles. The Morgan fingerprint density at radius 1 is 1.13 bits per heavy atom. The molecule has 1 aliphatic rings. The fourth-order valence-corrected chi connectivity index (χ4v) is 4.81. The first-order valence-corrected chi connectivity index (χ1v) is 10.7. The minimum atomic E-state index is -0.582. The Labute approximate surface area is 179 Å². The second-order valence-corrected chi connectivity index (χ2v) is 8.28. The van der Waals surface area contributed by atoms with E-state index >= 15 is 0 Å². The van der Waals surface area contributed by atoms with E-state index in [4.69, 9.17) is 0 Å². The number of hydrogen-bond donors (Lipinski definition) is 1. The van der Waals surface area contributed by atoms with E-state index in [2.05, 4.69) is 4.98 Å². The first-order chi connectivity index (χ1) is 14.6. The molecule has 4 rings (SSSR count). The molecule has 0 saturated carbocycles. The number of carbonyl (C=O) groups excluding carboxylic acids is 2. The molecule has 1 N–H and O–H groups in total. The molecule has 5 nitrogen and oxygen atoms in total. The maximum atomic E-state index is 13.2. The van der Waals surface area contributed by atoms with Gasteiger partial charge in [0.1, 0.15) is 0 Å². The van der Waals surface area contributed by atoms with Gasteiger partial charge in [-0.2, -0.15) is 0 Å². The van der Waals surface area contributed by atoms with Crippen LogP contribution in [0, 0.1) is 6.92 Å². The summed E-state index contributed by atoms with van der Waals surface area (Å²) in [5.74, 6) is -1.15. The molecule has 1 atom stereocenters. The number of aromatic nitrogens is 1. The first-order valence-electron chi connectivity index (χ1n) is 9.80. The zero-order chi connectivity index (χ0) is 21.1. The van der Waals surface area contributed by atoms with Crippen molar-refractivity contribution in [1.82, 2.24) is 9.88 Å². The lowest BCUT2D eigenvalue weighted by atomic mass is 9.96. The van der Waals surface area contributed by atoms with Crippen LogP contribution in [0.3, 0.4) is 0 Å². The Bertz CT molecular complexity index is 1090. The van der Waals surface area contributed by atoms with Gasteiger partial charge in [-0.15, -0.1) is 11.3 Å². The number of aliphatic hydroxyl groups is 1. The van der Waals surface area contributed by atoms with Crippen LogP contribution in [-0.2, 0) is 22.6 Å². The highest BCUT2D eigenvalue weighted by Gasteiger charge is 2.44. The summed E-state index contributed by atoms with van der Waals surface area (Å²) in [6, 6.07) is 14.8. The van der Waals surface area contributed by atoms with Gasteiger partial charge in [0.2, 0.25) is 0 Å². The zero-order valence-corrected chi connectivity index (χ0v) is 17.4. The van der Waals surface area contributed by atoms with Crippen molar-refractivity contribution in [3.63, 3.8) is 0 Å². The third-order valence-corrected chi connectivity index (χ3v) is 6.38. The number of pyridine rings is 1. The Morgan fingerprint density at radius 2 is 1.90 bits per heavy atom. The number of hydrogen-bond acceptors (Lipinski definition) is 5. The molecule has 0 spiro atoms. The Balaban J connectivity index is 1.65. The summed E-state index contributed by atoms with van der Waals surface area (Å²) < 4.78 is 0. The number of thiophene rings is 1. The molecule has 0 saturated heterocycles. The van der Waals surface area contributed by atoms with Crippen molar-refractivity contribution in [2.24, 2.45) is 0 Å². The molecule has 6 heteroatoms. The van der Waals surface area contributed by atoms with Gasteiger partial charge < -0.3 is 10.0 Å². The molecule has 0 bridgehead atoms. The van der Waals surface area contributed by atoms with Gasteiger partial charge in [-0.3, -0.25) is 14.6 Å². The molecular weight excluding hydrogens is 396 g/mol. The number of benzene rings is 1. The lowest BCUT2D eigenvalue weighted by Crippen LogP contribution is -2.30. The summed E-state index contributed by atoms with van der Waals surface area (Å²) >= 11 is 1.49. The highest BCUT2D eigenvalue weighted by Crippen LogP contribution is 2.42. The Kier molecular flexibility index (Phi) is 5.77. The molecule has 0 aliphatic carbocycles. The number of Topliss-reactive ketones (excluding diaryl/α,β-unsaturated/α-hetero) is 1. The molecule has 1 aromatic carbocycles. The molecule has 1 amide bonds. The fraction of sp³-hybridized carbons (Fsp3) is 0.208. The summed E-state index contributed by atoms with van der Waals surface area (Å²) in [7, 11) is 0. The molecule has 3 aromatic rings. The molecule has 2 aromatic heterocycles. The van der Waals surface area contributed by atoms with Crippen LogP contribution in [0.25, 0.3) is 0 Å². The van der Waals surface area contributed by atoms with Crippen LogP contribution in [0.2, 0.25) is 0 Å². The van der Waals surface area contributed by atoms with E-state index in [-0.39, 0.29) is 24.3 Å². The summed E-state index contributed by atoms with van der Waals surface area (Å²) in [6.07, 6.45) is 4.16. The minimum Gasteiger partial charge on any atom is -0.503 e. The van der Waals surface area contributed by atoms with Gasteiger partial charge in [0, 0.05) is 30.2 Å². The number of ketones is 1. The van der Waals surface area contributed by atoms with Gasteiger partial charge in [-0.1, -0.05) is 36.4 Å². The zero-order valence-electron chi connectivity index (χ0n) is 16.6. The molecule has 0 fully saturated rings. The van der Waals surface area contributed by atoms with Crippen molar-refractivity contribution in [1.29, 1.82) is 0 Å². The third-order valence-electron chi connectivity index (χ3n) is 5.31. The van der Waals surface area contributed by atoms with E-state index in [9.17, 15) is 14.7 Å². The third kappa shape index (κ3) is 3.91. The van der Waals surface area contributed by atoms with Crippen LogP contribution in [-0.4, -0.2) is 26.7 Å². The molecule has 3 heterocycles. The summed E-state index contributed by atoms with van der Waals surface area (Å²) in [6.45, 7) is 2.23. The number of carbonyl (C=O) groups is 2. The van der Waals surface area contributed by atoms with E-state index in [1.54, 1.807) is 23.4 Å². The second kappa shape index (κ2) is 8.63. The van der Waals surface area contributed by atoms with Crippen molar-refractivity contribution >= 4 is 23.0 Å². The van der Waals surface area contributed by atoms with Crippen LogP contribution in [0.5, 0.6) is 0 Å². The number of nitrogens with zero attached hydrogens (tertiary/aromatic N) is 2. The fourth-order valence-electron chi connectivity index (χ4n) is 3.76. The van der Waals surface area contributed by atoms with Crippen LogP contribution < -0.4 is 0 Å². The SMILES string of the molecule is Cc1ccsc1C1C(C(=O)CCc2ccccc2)=C(O)C(=O)N1Cc1cccnc1. The van der Waals surface area contributed by atoms with Crippen LogP contribution in [0.4, 0.5) is 0 Å². The second-order valence-electron chi connectivity index (χ2n) is 7.34. The van der Waals surface area contributed by atoms with Gasteiger partial charge in [0.05, 0.1) is 11.6 Å². The minimum absolute atomic E-state index is 0.198. The van der Waals surface area contributed by atoms with Crippen molar-refractivity contribution < 1.29 is 14.7 Å². The smallest absolute Gasteiger partial charge is 0.290 e. The van der Waals surface area contributed by atoms with E-state index in [0.29, 0.717) is 6.42 Å². The average molecular weight is 419 g/mol. The van der Waals surface area contributed by atoms with Crippen LogP contribution in [0.1, 0.15) is 34.0 Å². The van der Waals surface area contributed by atoms with E-state index < -0.39 is 17.7 Å². The predicted octanol–water partition coefficient (Wildman–Crippen LogP) is 4.55. The van der Waals surface area contributed by atoms with Crippen molar-refractivity contribution in [2.45, 2.75) is 32.4 Å². The lowest BCUT2D eigenvalue weighted by molar-refractivity contribution is -0.130. The summed E-state index contributed by atoms with van der Waals surface area (Å²) in [5, 5.41) is 12.6. The average Bonchev–Trinajstić information content (AvgIpc) is 3.29. The van der Waals surface area contributed by atoms with Gasteiger partial charge in [-0.05, 0) is 47.5 Å². The first kappa shape index (κ1) is 20.0. The van der Waals surface area contributed by atoms with Crippen molar-refractivity contribution in [3.05, 3.63) is 99.2 Å². The molecule has 1 unspecified atom stereocenters. The van der Waals surface area contributed by atoms with Gasteiger partial charge >= 0.3 is 0 Å². The molecule has 152 valence electrons.